The fraction of sp³-hybridized carbons (Fsp3) is 0.200. The number of carbonyl (C=O) groups excluding carboxylic acids is 1. The number of aromatic nitrogens is 1. The van der Waals surface area contributed by atoms with Crippen LogP contribution >= 0.6 is 11.6 Å². The number of nitrogens with one attached hydrogen (secondary N) is 1. The highest BCUT2D eigenvalue weighted by Crippen LogP contribution is 2.07. The number of benzene rings is 1. The molecule has 0 saturated carbocycles. The molecule has 1 heterocycles. The van der Waals surface area contributed by atoms with Crippen LogP contribution < -0.4 is 5.32 Å². The standard InChI is InChI=1S/C15H15ClN2O/c16-11-13-2-1-3-14(10-13)15(19)18-9-6-12-4-7-17-8-5-12/h1-5,7-8,10H,6,9,11H2,(H,18,19). The highest BCUT2D eigenvalue weighted by Gasteiger charge is 2.05. The van der Waals surface area contributed by atoms with Crippen molar-refractivity contribution in [2.24, 2.45) is 0 Å². The third kappa shape index (κ3) is 4.07. The van der Waals surface area contributed by atoms with Gasteiger partial charge in [-0.15, -0.1) is 11.6 Å². The molecule has 2 rings (SSSR count). The number of amides is 1. The number of rotatable bonds is 5. The first-order chi connectivity index (χ1) is 9.29. The van der Waals surface area contributed by atoms with Crippen LogP contribution in [0.2, 0.25) is 0 Å². The van der Waals surface area contributed by atoms with Crippen LogP contribution in [-0.4, -0.2) is 17.4 Å². The van der Waals surface area contributed by atoms with Crippen molar-refractivity contribution < 1.29 is 4.79 Å². The van der Waals surface area contributed by atoms with E-state index in [1.165, 1.54) is 0 Å². The minimum Gasteiger partial charge on any atom is -0.352 e. The number of nitrogens with zero attached hydrogens (tertiary/aromatic N) is 1. The van der Waals surface area contributed by atoms with E-state index in [2.05, 4.69) is 10.3 Å². The Bertz CT molecular complexity index is 543. The maximum Gasteiger partial charge on any atom is 0.251 e. The van der Waals surface area contributed by atoms with Gasteiger partial charge in [-0.3, -0.25) is 9.78 Å². The van der Waals surface area contributed by atoms with Gasteiger partial charge < -0.3 is 5.32 Å². The van der Waals surface area contributed by atoms with Gasteiger partial charge in [0.05, 0.1) is 0 Å². The third-order valence-electron chi connectivity index (χ3n) is 2.79. The second-order valence-electron chi connectivity index (χ2n) is 4.20. The molecule has 0 saturated heterocycles. The van der Waals surface area contributed by atoms with E-state index >= 15 is 0 Å². The van der Waals surface area contributed by atoms with E-state index in [1.54, 1.807) is 18.5 Å². The van der Waals surface area contributed by atoms with Crippen molar-refractivity contribution in [1.29, 1.82) is 0 Å². The molecule has 1 aromatic carbocycles. The van der Waals surface area contributed by atoms with E-state index in [0.717, 1.165) is 17.5 Å². The van der Waals surface area contributed by atoms with Crippen LogP contribution in [0.5, 0.6) is 0 Å². The Kier molecular flexibility index (Phi) is 4.93. The lowest BCUT2D eigenvalue weighted by molar-refractivity contribution is 0.0954. The molecule has 1 N–H and O–H groups in total. The zero-order valence-electron chi connectivity index (χ0n) is 10.5. The van der Waals surface area contributed by atoms with Gasteiger partial charge in [0.2, 0.25) is 0 Å². The molecule has 0 aliphatic heterocycles. The van der Waals surface area contributed by atoms with Gasteiger partial charge in [0.25, 0.3) is 5.91 Å². The van der Waals surface area contributed by atoms with E-state index in [0.29, 0.717) is 18.0 Å². The zero-order valence-corrected chi connectivity index (χ0v) is 11.2. The number of hydrogen-bond donors (Lipinski definition) is 1. The maximum atomic E-state index is 11.9. The summed E-state index contributed by atoms with van der Waals surface area (Å²) in [5, 5.41) is 2.90. The van der Waals surface area contributed by atoms with Crippen molar-refractivity contribution >= 4 is 17.5 Å². The smallest absolute Gasteiger partial charge is 0.251 e. The molecule has 1 amide bonds. The normalized spacial score (nSPS) is 10.2. The first-order valence-electron chi connectivity index (χ1n) is 6.11. The van der Waals surface area contributed by atoms with E-state index in [4.69, 9.17) is 11.6 Å². The summed E-state index contributed by atoms with van der Waals surface area (Å²) in [6, 6.07) is 11.2. The summed E-state index contributed by atoms with van der Waals surface area (Å²) in [7, 11) is 0. The van der Waals surface area contributed by atoms with Gasteiger partial charge in [0, 0.05) is 30.4 Å². The molecule has 3 nitrogen and oxygen atoms in total. The summed E-state index contributed by atoms with van der Waals surface area (Å²) >= 11 is 5.75. The number of alkyl halides is 1. The molecular formula is C15H15ClN2O. The van der Waals surface area contributed by atoms with Crippen molar-refractivity contribution in [2.75, 3.05) is 6.54 Å². The monoisotopic (exact) mass is 274 g/mol. The van der Waals surface area contributed by atoms with Crippen LogP contribution in [-0.2, 0) is 12.3 Å². The minimum absolute atomic E-state index is 0.0685. The summed E-state index contributed by atoms with van der Waals surface area (Å²) in [6.45, 7) is 0.605. The number of hydrogen-bond acceptors (Lipinski definition) is 2. The van der Waals surface area contributed by atoms with Crippen molar-refractivity contribution in [3.05, 3.63) is 65.5 Å². The Labute approximate surface area is 117 Å². The summed E-state index contributed by atoms with van der Waals surface area (Å²) in [5.41, 5.74) is 2.75. The molecule has 2 aromatic rings. The molecule has 0 radical (unpaired) electrons. The highest BCUT2D eigenvalue weighted by atomic mass is 35.5. The average molecular weight is 275 g/mol. The summed E-state index contributed by atoms with van der Waals surface area (Å²) in [6.07, 6.45) is 4.30. The zero-order chi connectivity index (χ0) is 13.5. The number of halogens is 1. The molecule has 0 spiro atoms. The van der Waals surface area contributed by atoms with E-state index in [9.17, 15) is 4.79 Å². The fourth-order valence-electron chi connectivity index (χ4n) is 1.77. The molecule has 1 aromatic heterocycles. The predicted molar refractivity (Wildman–Crippen MR) is 76.3 cm³/mol. The lowest BCUT2D eigenvalue weighted by Gasteiger charge is -2.06. The van der Waals surface area contributed by atoms with E-state index in [-0.39, 0.29) is 5.91 Å². The summed E-state index contributed by atoms with van der Waals surface area (Å²) in [4.78, 5) is 15.9. The van der Waals surface area contributed by atoms with Gasteiger partial charge in [-0.1, -0.05) is 12.1 Å². The molecule has 19 heavy (non-hydrogen) atoms. The molecule has 0 fully saturated rings. The molecule has 0 unspecified atom stereocenters. The SMILES string of the molecule is O=C(NCCc1ccncc1)c1cccc(CCl)c1. The van der Waals surface area contributed by atoms with Crippen LogP contribution in [0.4, 0.5) is 0 Å². The van der Waals surface area contributed by atoms with Crippen LogP contribution in [0.3, 0.4) is 0 Å². The third-order valence-corrected chi connectivity index (χ3v) is 3.10. The van der Waals surface area contributed by atoms with Gasteiger partial charge in [-0.2, -0.15) is 0 Å². The van der Waals surface area contributed by atoms with E-state index < -0.39 is 0 Å². The quantitative estimate of drug-likeness (QED) is 0.852. The van der Waals surface area contributed by atoms with E-state index in [1.807, 2.05) is 30.3 Å². The molecule has 98 valence electrons. The van der Waals surface area contributed by atoms with Crippen molar-refractivity contribution in [2.45, 2.75) is 12.3 Å². The molecular weight excluding hydrogens is 260 g/mol. The second kappa shape index (κ2) is 6.90. The average Bonchev–Trinajstić information content (AvgIpc) is 2.48. The van der Waals surface area contributed by atoms with Gasteiger partial charge in [0.15, 0.2) is 0 Å². The Hall–Kier alpha value is -1.87. The van der Waals surface area contributed by atoms with Crippen LogP contribution in [0.1, 0.15) is 21.5 Å². The van der Waals surface area contributed by atoms with Crippen molar-refractivity contribution in [3.8, 4) is 0 Å². The number of pyridine rings is 1. The van der Waals surface area contributed by atoms with Gasteiger partial charge in [-0.25, -0.2) is 0 Å². The molecule has 0 aliphatic rings. The molecule has 0 bridgehead atoms. The summed E-state index contributed by atoms with van der Waals surface area (Å²) < 4.78 is 0. The fourth-order valence-corrected chi connectivity index (χ4v) is 1.93. The van der Waals surface area contributed by atoms with Gasteiger partial charge >= 0.3 is 0 Å². The molecule has 4 heteroatoms. The van der Waals surface area contributed by atoms with Crippen LogP contribution in [0, 0.1) is 0 Å². The van der Waals surface area contributed by atoms with Crippen LogP contribution in [0.15, 0.2) is 48.8 Å². The minimum atomic E-state index is -0.0685. The van der Waals surface area contributed by atoms with Crippen molar-refractivity contribution in [1.82, 2.24) is 10.3 Å². The highest BCUT2D eigenvalue weighted by molar-refractivity contribution is 6.17. The van der Waals surface area contributed by atoms with Crippen LogP contribution in [0.25, 0.3) is 0 Å². The van der Waals surface area contributed by atoms with Gasteiger partial charge in [0.1, 0.15) is 0 Å². The largest absolute Gasteiger partial charge is 0.352 e. The first-order valence-corrected chi connectivity index (χ1v) is 6.65. The topological polar surface area (TPSA) is 42.0 Å². The summed E-state index contributed by atoms with van der Waals surface area (Å²) in [5.74, 6) is 0.346. The lowest BCUT2D eigenvalue weighted by Crippen LogP contribution is -2.25. The Balaban J connectivity index is 1.87. The van der Waals surface area contributed by atoms with Crippen molar-refractivity contribution in [3.63, 3.8) is 0 Å². The molecule has 0 atom stereocenters. The Morgan fingerprint density at radius 2 is 1.95 bits per heavy atom. The Morgan fingerprint density at radius 3 is 2.68 bits per heavy atom. The predicted octanol–water partition coefficient (Wildman–Crippen LogP) is 2.79. The Morgan fingerprint density at radius 1 is 1.16 bits per heavy atom. The second-order valence-corrected chi connectivity index (χ2v) is 4.46. The number of carbonyl (C=O) groups is 1. The maximum absolute atomic E-state index is 11.9. The molecule has 0 aliphatic carbocycles. The lowest BCUT2D eigenvalue weighted by atomic mass is 10.1. The first kappa shape index (κ1) is 13.6. The van der Waals surface area contributed by atoms with Gasteiger partial charge in [-0.05, 0) is 41.8 Å².